The van der Waals surface area contributed by atoms with Gasteiger partial charge in [-0.2, -0.15) is 0 Å². The summed E-state index contributed by atoms with van der Waals surface area (Å²) in [6, 6.07) is 7.02. The number of imide groups is 1. The molecule has 0 unspecified atom stereocenters. The molecule has 0 aliphatic carbocycles. The highest BCUT2D eigenvalue weighted by Gasteiger charge is 2.46. The van der Waals surface area contributed by atoms with Crippen LogP contribution in [-0.4, -0.2) is 70.4 Å². The van der Waals surface area contributed by atoms with E-state index in [-0.39, 0.29) is 17.9 Å². The van der Waals surface area contributed by atoms with Crippen molar-refractivity contribution in [2.45, 2.75) is 38.6 Å². The van der Waals surface area contributed by atoms with Crippen LogP contribution < -0.4 is 19.4 Å². The molecular weight excluding hydrogens is 382 g/mol. The zero-order valence-corrected chi connectivity index (χ0v) is 18.0. The number of piperidine rings is 1. The van der Waals surface area contributed by atoms with Crippen molar-refractivity contribution >= 4 is 17.5 Å². The van der Waals surface area contributed by atoms with E-state index in [1.54, 1.807) is 17.0 Å². The van der Waals surface area contributed by atoms with Gasteiger partial charge in [0.25, 0.3) is 5.91 Å². The minimum atomic E-state index is -0.227. The summed E-state index contributed by atoms with van der Waals surface area (Å²) in [6.07, 6.45) is 3.89. The van der Waals surface area contributed by atoms with Gasteiger partial charge >= 0.3 is 0 Å². The topological polar surface area (TPSA) is 64.7 Å². The normalized spacial score (nSPS) is 28.2. The van der Waals surface area contributed by atoms with Crippen LogP contribution in [0.2, 0.25) is 0 Å². The minimum Gasteiger partial charge on any atom is -0.494 e. The number of carbonyl (C=O) groups is 2. The Morgan fingerprint density at radius 2 is 1.77 bits per heavy atom. The number of quaternary nitrogens is 2. The van der Waals surface area contributed by atoms with E-state index < -0.39 is 0 Å². The number of ether oxygens (including phenoxy) is 2. The third kappa shape index (κ3) is 4.85. The summed E-state index contributed by atoms with van der Waals surface area (Å²) in [6.45, 7) is 9.77. The summed E-state index contributed by atoms with van der Waals surface area (Å²) in [5, 5.41) is 0. The minimum absolute atomic E-state index is 0.0460. The lowest BCUT2D eigenvalue weighted by atomic mass is 9.92. The van der Waals surface area contributed by atoms with Gasteiger partial charge in [-0.25, -0.2) is 4.90 Å². The zero-order chi connectivity index (χ0) is 20.9. The van der Waals surface area contributed by atoms with Crippen LogP contribution in [0.25, 0.3) is 0 Å². The van der Waals surface area contributed by atoms with Crippen LogP contribution in [0.4, 0.5) is 5.69 Å². The second-order valence-corrected chi connectivity index (χ2v) is 8.75. The first-order valence-corrected chi connectivity index (χ1v) is 11.5. The second-order valence-electron chi connectivity index (χ2n) is 8.75. The quantitative estimate of drug-likeness (QED) is 0.577. The van der Waals surface area contributed by atoms with Crippen molar-refractivity contribution in [3.63, 3.8) is 0 Å². The van der Waals surface area contributed by atoms with Gasteiger partial charge in [-0.1, -0.05) is 0 Å². The molecule has 164 valence electrons. The van der Waals surface area contributed by atoms with Crippen molar-refractivity contribution in [2.75, 3.05) is 57.4 Å². The number of anilines is 1. The number of amides is 2. The van der Waals surface area contributed by atoms with E-state index in [1.807, 2.05) is 19.1 Å². The Labute approximate surface area is 178 Å². The molecule has 0 bridgehead atoms. The average molecular weight is 418 g/mol. The number of hydrogen-bond acceptors (Lipinski definition) is 4. The van der Waals surface area contributed by atoms with Gasteiger partial charge in [0.2, 0.25) is 5.91 Å². The van der Waals surface area contributed by atoms with Crippen molar-refractivity contribution in [3.8, 4) is 5.75 Å². The van der Waals surface area contributed by atoms with E-state index in [0.29, 0.717) is 18.7 Å². The zero-order valence-electron chi connectivity index (χ0n) is 18.0. The number of rotatable bonds is 7. The SMILES string of the molecule is CCOc1ccc(N2C(=O)C[C@@H]([NH+]3CCC(CC[NH+]4CCOCC4)CC3)C2=O)cc1. The Hall–Kier alpha value is -1.96. The molecule has 3 aliphatic heterocycles. The number of likely N-dealkylation sites (tertiary alicyclic amines) is 1. The summed E-state index contributed by atoms with van der Waals surface area (Å²) in [5.41, 5.74) is 0.652. The average Bonchev–Trinajstić information content (AvgIpc) is 3.08. The lowest BCUT2D eigenvalue weighted by Gasteiger charge is -2.33. The van der Waals surface area contributed by atoms with E-state index in [1.165, 1.54) is 22.8 Å². The van der Waals surface area contributed by atoms with Crippen LogP contribution in [-0.2, 0) is 14.3 Å². The maximum atomic E-state index is 13.1. The van der Waals surface area contributed by atoms with Crippen molar-refractivity contribution < 1.29 is 28.9 Å². The number of nitrogens with zero attached hydrogens (tertiary/aromatic N) is 1. The monoisotopic (exact) mass is 417 g/mol. The van der Waals surface area contributed by atoms with Gasteiger partial charge in [-0.15, -0.1) is 0 Å². The Balaban J connectivity index is 1.29. The first kappa shape index (κ1) is 21.3. The number of nitrogens with one attached hydrogen (secondary N) is 2. The lowest BCUT2D eigenvalue weighted by molar-refractivity contribution is -0.922. The fourth-order valence-corrected chi connectivity index (χ4v) is 5.08. The highest BCUT2D eigenvalue weighted by Crippen LogP contribution is 2.25. The molecule has 3 heterocycles. The fourth-order valence-electron chi connectivity index (χ4n) is 5.08. The summed E-state index contributed by atoms with van der Waals surface area (Å²) in [5.74, 6) is 1.37. The van der Waals surface area contributed by atoms with Crippen LogP contribution >= 0.6 is 0 Å². The lowest BCUT2D eigenvalue weighted by Crippen LogP contribution is -3.17. The number of benzene rings is 1. The van der Waals surface area contributed by atoms with E-state index in [4.69, 9.17) is 9.47 Å². The van der Waals surface area contributed by atoms with Gasteiger partial charge < -0.3 is 19.3 Å². The summed E-state index contributed by atoms with van der Waals surface area (Å²) < 4.78 is 10.9. The molecule has 3 aliphatic rings. The molecule has 4 rings (SSSR count). The predicted molar refractivity (Wildman–Crippen MR) is 113 cm³/mol. The molecule has 0 spiro atoms. The molecule has 7 nitrogen and oxygen atoms in total. The molecule has 0 saturated carbocycles. The number of hydrogen-bond donors (Lipinski definition) is 2. The summed E-state index contributed by atoms with van der Waals surface area (Å²) >= 11 is 0. The van der Waals surface area contributed by atoms with Crippen molar-refractivity contribution in [1.29, 1.82) is 0 Å². The molecule has 3 saturated heterocycles. The Morgan fingerprint density at radius 1 is 1.07 bits per heavy atom. The molecular formula is C23H35N3O4+2. The third-order valence-corrected chi connectivity index (χ3v) is 6.90. The van der Waals surface area contributed by atoms with Crippen LogP contribution in [0, 0.1) is 5.92 Å². The molecule has 7 heteroatoms. The fraction of sp³-hybridized carbons (Fsp3) is 0.652. The van der Waals surface area contributed by atoms with Gasteiger partial charge in [0.1, 0.15) is 18.8 Å². The van der Waals surface area contributed by atoms with Crippen LogP contribution in [0.1, 0.15) is 32.6 Å². The van der Waals surface area contributed by atoms with Gasteiger partial charge in [0.05, 0.1) is 51.6 Å². The van der Waals surface area contributed by atoms with E-state index in [0.717, 1.165) is 63.9 Å². The summed E-state index contributed by atoms with van der Waals surface area (Å²) in [7, 11) is 0. The molecule has 3 fully saturated rings. The predicted octanol–water partition coefficient (Wildman–Crippen LogP) is -0.683. The Morgan fingerprint density at radius 3 is 2.43 bits per heavy atom. The standard InChI is InChI=1S/C23H33N3O4/c1-2-30-20-5-3-19(4-6-20)26-22(27)17-21(23(26)28)25-11-8-18(9-12-25)7-10-24-13-15-29-16-14-24/h3-6,18,21H,2,7-17H2,1H3/p+2/t21-/m1/s1. The van der Waals surface area contributed by atoms with Gasteiger partial charge in [0, 0.05) is 0 Å². The summed E-state index contributed by atoms with van der Waals surface area (Å²) in [4.78, 5) is 30.0. The van der Waals surface area contributed by atoms with Crippen LogP contribution in [0.5, 0.6) is 5.75 Å². The van der Waals surface area contributed by atoms with Crippen molar-refractivity contribution in [3.05, 3.63) is 24.3 Å². The van der Waals surface area contributed by atoms with E-state index in [2.05, 4.69) is 0 Å². The van der Waals surface area contributed by atoms with Gasteiger partial charge in [-0.05, 0) is 56.4 Å². The third-order valence-electron chi connectivity index (χ3n) is 6.90. The molecule has 1 aromatic rings. The molecule has 1 aromatic carbocycles. The smallest absolute Gasteiger partial charge is 0.292 e. The van der Waals surface area contributed by atoms with Crippen LogP contribution in [0.15, 0.2) is 24.3 Å². The van der Waals surface area contributed by atoms with Crippen molar-refractivity contribution in [2.24, 2.45) is 5.92 Å². The molecule has 0 aromatic heterocycles. The first-order chi connectivity index (χ1) is 14.7. The molecule has 30 heavy (non-hydrogen) atoms. The largest absolute Gasteiger partial charge is 0.494 e. The molecule has 1 atom stereocenters. The number of morpholine rings is 1. The molecule has 2 N–H and O–H groups in total. The Kier molecular flexibility index (Phi) is 7.02. The highest BCUT2D eigenvalue weighted by molar-refractivity contribution is 6.21. The molecule has 2 amide bonds. The second kappa shape index (κ2) is 9.90. The molecule has 0 radical (unpaired) electrons. The van der Waals surface area contributed by atoms with Gasteiger partial charge in [-0.3, -0.25) is 9.59 Å². The first-order valence-electron chi connectivity index (χ1n) is 11.5. The Bertz CT molecular complexity index is 724. The maximum Gasteiger partial charge on any atom is 0.292 e. The van der Waals surface area contributed by atoms with Crippen molar-refractivity contribution in [1.82, 2.24) is 0 Å². The number of carbonyl (C=O) groups excluding carboxylic acids is 2. The van der Waals surface area contributed by atoms with E-state index in [9.17, 15) is 9.59 Å². The van der Waals surface area contributed by atoms with E-state index >= 15 is 0 Å². The van der Waals surface area contributed by atoms with Gasteiger partial charge in [0.15, 0.2) is 6.04 Å². The maximum absolute atomic E-state index is 13.1. The highest BCUT2D eigenvalue weighted by atomic mass is 16.5. The van der Waals surface area contributed by atoms with Crippen LogP contribution in [0.3, 0.4) is 0 Å².